The van der Waals surface area contributed by atoms with Gasteiger partial charge in [-0.2, -0.15) is 36.1 Å². The Morgan fingerprint density at radius 3 is 2.43 bits per heavy atom. The lowest BCUT2D eigenvalue weighted by atomic mass is 9.96. The summed E-state index contributed by atoms with van der Waals surface area (Å²) in [6, 6.07) is 0.816. The first-order valence-corrected chi connectivity index (χ1v) is 9.72. The van der Waals surface area contributed by atoms with Crippen LogP contribution in [-0.4, -0.2) is 25.7 Å². The van der Waals surface area contributed by atoms with Crippen molar-refractivity contribution in [1.82, 2.24) is 25.1 Å². The van der Waals surface area contributed by atoms with Crippen LogP contribution in [0.2, 0.25) is 0 Å². The summed E-state index contributed by atoms with van der Waals surface area (Å²) in [5.41, 5.74) is -4.90. The number of hydrogen-bond acceptors (Lipinski definition) is 5. The summed E-state index contributed by atoms with van der Waals surface area (Å²) >= 11 is 0. The molecule has 0 spiro atoms. The van der Waals surface area contributed by atoms with E-state index in [2.05, 4.69) is 20.4 Å². The van der Waals surface area contributed by atoms with Gasteiger partial charge in [0, 0.05) is 18.2 Å². The molecule has 1 amide bonds. The average Bonchev–Trinajstić information content (AvgIpc) is 3.38. The Hall–Kier alpha value is -3.59. The predicted octanol–water partition coefficient (Wildman–Crippen LogP) is 5.25. The molecule has 1 unspecified atom stereocenters. The quantitative estimate of drug-likeness (QED) is 0.484. The summed E-state index contributed by atoms with van der Waals surface area (Å²) < 4.78 is 122. The van der Waals surface area contributed by atoms with Gasteiger partial charge in [0.25, 0.3) is 5.91 Å². The summed E-state index contributed by atoms with van der Waals surface area (Å²) in [5.74, 6) is -1.56. The number of halogens is 9. The minimum Gasteiger partial charge on any atom is -0.441 e. The highest BCUT2D eigenvalue weighted by atomic mass is 19.4. The van der Waals surface area contributed by atoms with Crippen molar-refractivity contribution in [1.29, 1.82) is 0 Å². The molecule has 1 aliphatic carbocycles. The van der Waals surface area contributed by atoms with Crippen LogP contribution in [0.4, 0.5) is 39.5 Å². The van der Waals surface area contributed by atoms with E-state index in [4.69, 9.17) is 4.42 Å². The molecule has 0 saturated heterocycles. The van der Waals surface area contributed by atoms with Crippen molar-refractivity contribution >= 4 is 5.91 Å². The molecule has 0 aromatic carbocycles. The van der Waals surface area contributed by atoms with E-state index in [1.54, 1.807) is 0 Å². The Labute approximate surface area is 189 Å². The maximum atomic E-state index is 13.3. The van der Waals surface area contributed by atoms with Crippen LogP contribution in [-0.2, 0) is 25.1 Å². The van der Waals surface area contributed by atoms with Gasteiger partial charge in [0.2, 0.25) is 5.89 Å². The smallest absolute Gasteiger partial charge is 0.441 e. The highest BCUT2D eigenvalue weighted by Crippen LogP contribution is 2.38. The molecule has 0 bridgehead atoms. The SMILES string of the molecule is O=C(NC1CCCc2oc(-c3ccnc(C(F)(F)F)c3)nc21)c1cnn(C(F)(F)F)c1C(F)(F)F. The molecule has 1 atom stereocenters. The van der Waals surface area contributed by atoms with Crippen molar-refractivity contribution in [3.63, 3.8) is 0 Å². The van der Waals surface area contributed by atoms with E-state index in [0.29, 0.717) is 12.5 Å². The van der Waals surface area contributed by atoms with Gasteiger partial charge in [-0.25, -0.2) is 4.98 Å². The predicted molar refractivity (Wildman–Crippen MR) is 96.4 cm³/mol. The molecule has 0 saturated carbocycles. The van der Waals surface area contributed by atoms with Gasteiger partial charge < -0.3 is 9.73 Å². The zero-order valence-electron chi connectivity index (χ0n) is 17.0. The fourth-order valence-corrected chi connectivity index (χ4v) is 3.62. The first kappa shape index (κ1) is 24.5. The Balaban J connectivity index is 1.64. The van der Waals surface area contributed by atoms with Crippen LogP contribution in [0.3, 0.4) is 0 Å². The first-order chi connectivity index (χ1) is 16.2. The van der Waals surface area contributed by atoms with Crippen molar-refractivity contribution in [2.24, 2.45) is 0 Å². The second-order valence-electron chi connectivity index (χ2n) is 7.46. The van der Waals surface area contributed by atoms with Crippen molar-refractivity contribution < 1.29 is 48.7 Å². The van der Waals surface area contributed by atoms with Gasteiger partial charge in [-0.3, -0.25) is 9.78 Å². The molecule has 3 aromatic rings. The third-order valence-corrected chi connectivity index (χ3v) is 5.08. The van der Waals surface area contributed by atoms with Gasteiger partial charge in [-0.15, -0.1) is 13.2 Å². The van der Waals surface area contributed by atoms with Gasteiger partial charge in [0.15, 0.2) is 5.69 Å². The molecular weight excluding hydrogens is 501 g/mol. The maximum Gasteiger partial charge on any atom is 0.505 e. The Bertz CT molecular complexity index is 1260. The topological polar surface area (TPSA) is 85.8 Å². The summed E-state index contributed by atoms with van der Waals surface area (Å²) in [5, 5.41) is 4.86. The lowest BCUT2D eigenvalue weighted by molar-refractivity contribution is -0.229. The molecule has 1 aliphatic rings. The van der Waals surface area contributed by atoms with Gasteiger partial charge in [-0.1, -0.05) is 0 Å². The molecule has 0 fully saturated rings. The first-order valence-electron chi connectivity index (χ1n) is 9.72. The normalized spacial score (nSPS) is 16.8. The molecule has 0 radical (unpaired) electrons. The van der Waals surface area contributed by atoms with Gasteiger partial charge in [0.05, 0.1) is 17.8 Å². The number of oxazole rings is 1. The van der Waals surface area contributed by atoms with E-state index >= 15 is 0 Å². The van der Waals surface area contributed by atoms with E-state index in [-0.39, 0.29) is 41.9 Å². The summed E-state index contributed by atoms with van der Waals surface area (Å²) in [6.45, 7) is 0. The van der Waals surface area contributed by atoms with Crippen LogP contribution in [0, 0.1) is 0 Å². The van der Waals surface area contributed by atoms with Gasteiger partial charge in [-0.05, 0) is 25.0 Å². The summed E-state index contributed by atoms with van der Waals surface area (Å²) in [7, 11) is 0. The minimum atomic E-state index is -5.55. The van der Waals surface area contributed by atoms with E-state index < -0.39 is 52.2 Å². The number of aromatic nitrogens is 4. The number of carbonyl (C=O) groups excluding carboxylic acids is 1. The van der Waals surface area contributed by atoms with Crippen LogP contribution in [0.15, 0.2) is 28.9 Å². The minimum absolute atomic E-state index is 0.0433. The van der Waals surface area contributed by atoms with Crippen molar-refractivity contribution in [2.45, 2.75) is 44.0 Å². The lowest BCUT2D eigenvalue weighted by Crippen LogP contribution is -2.33. The molecule has 3 aromatic heterocycles. The number of hydrogen-bond donors (Lipinski definition) is 1. The standard InChI is InChI=1S/C19H12F9N5O2/c20-17(21,22)12-6-8(4-5-29-12)16-32-13-10(2-1-3-11(13)35-16)31-15(34)9-7-30-33(19(26,27)28)14(9)18(23,24)25/h4-7,10H,1-3H2,(H,31,34). The average molecular weight is 513 g/mol. The maximum absolute atomic E-state index is 13.3. The molecular formula is C19H12F9N5O2. The number of nitrogens with zero attached hydrogens (tertiary/aromatic N) is 4. The fourth-order valence-electron chi connectivity index (χ4n) is 3.62. The van der Waals surface area contributed by atoms with Gasteiger partial charge in [0.1, 0.15) is 17.1 Å². The molecule has 1 N–H and O–H groups in total. The van der Waals surface area contributed by atoms with E-state index in [1.165, 1.54) is 6.07 Å². The second kappa shape index (κ2) is 8.27. The molecule has 3 heterocycles. The monoisotopic (exact) mass is 513 g/mol. The summed E-state index contributed by atoms with van der Waals surface area (Å²) in [4.78, 5) is 19.8. The lowest BCUT2D eigenvalue weighted by Gasteiger charge is -2.21. The largest absolute Gasteiger partial charge is 0.505 e. The molecule has 188 valence electrons. The number of alkyl halides is 9. The van der Waals surface area contributed by atoms with Crippen molar-refractivity contribution in [3.05, 3.63) is 52.9 Å². The number of pyridine rings is 1. The molecule has 35 heavy (non-hydrogen) atoms. The highest BCUT2D eigenvalue weighted by Gasteiger charge is 2.47. The molecule has 7 nitrogen and oxygen atoms in total. The van der Waals surface area contributed by atoms with Crippen LogP contribution < -0.4 is 5.32 Å². The van der Waals surface area contributed by atoms with E-state index in [1.807, 2.05) is 0 Å². The zero-order chi connectivity index (χ0) is 25.8. The zero-order valence-corrected chi connectivity index (χ0v) is 17.0. The summed E-state index contributed by atoms with van der Waals surface area (Å²) in [6.07, 6.45) is -14.0. The number of amides is 1. The third kappa shape index (κ3) is 4.81. The Morgan fingerprint density at radius 1 is 1.09 bits per heavy atom. The van der Waals surface area contributed by atoms with Crippen LogP contribution in [0.25, 0.3) is 11.5 Å². The van der Waals surface area contributed by atoms with Crippen molar-refractivity contribution in [3.8, 4) is 11.5 Å². The third-order valence-electron chi connectivity index (χ3n) is 5.08. The van der Waals surface area contributed by atoms with E-state index in [9.17, 15) is 44.3 Å². The molecule has 0 aliphatic heterocycles. The Kier molecular flexibility index (Phi) is 5.79. The number of fused-ring (bicyclic) bond motifs is 1. The Morgan fingerprint density at radius 2 is 1.80 bits per heavy atom. The second-order valence-corrected chi connectivity index (χ2v) is 7.46. The number of nitrogens with one attached hydrogen (secondary N) is 1. The number of rotatable bonds is 3. The van der Waals surface area contributed by atoms with E-state index in [0.717, 1.165) is 6.20 Å². The fraction of sp³-hybridized carbons (Fsp3) is 0.368. The van der Waals surface area contributed by atoms with Crippen LogP contribution in [0.5, 0.6) is 0 Å². The number of aryl methyl sites for hydroxylation is 1. The van der Waals surface area contributed by atoms with Crippen molar-refractivity contribution in [2.75, 3.05) is 0 Å². The highest BCUT2D eigenvalue weighted by molar-refractivity contribution is 5.95. The van der Waals surface area contributed by atoms with Gasteiger partial charge >= 0.3 is 18.7 Å². The van der Waals surface area contributed by atoms with Crippen LogP contribution in [0.1, 0.15) is 52.1 Å². The van der Waals surface area contributed by atoms with Crippen LogP contribution >= 0.6 is 0 Å². The molecule has 4 rings (SSSR count). The molecule has 16 heteroatoms. The number of carbonyl (C=O) groups is 1.